The van der Waals surface area contributed by atoms with Crippen LogP contribution in [0.25, 0.3) is 0 Å². The molecule has 0 radical (unpaired) electrons. The monoisotopic (exact) mass is 598 g/mol. The Balaban J connectivity index is 3.77. The molecule has 1 atom stereocenters. The third kappa shape index (κ3) is 33.8. The van der Waals surface area contributed by atoms with Crippen LogP contribution >= 0.6 is 0 Å². The Hall–Kier alpha value is -0.650. The van der Waals surface area contributed by atoms with Crippen molar-refractivity contribution in [1.29, 1.82) is 0 Å². The largest absolute Gasteiger partial charge is 0.466 e. The maximum absolute atomic E-state index is 12.0. The Morgan fingerprint density at radius 3 is 1.55 bits per heavy atom. The molecule has 0 rings (SSSR count). The van der Waals surface area contributed by atoms with Crippen molar-refractivity contribution >= 4 is 5.97 Å². The highest BCUT2D eigenvalue weighted by molar-refractivity contribution is 5.69. The summed E-state index contributed by atoms with van der Waals surface area (Å²) >= 11 is 0. The van der Waals surface area contributed by atoms with E-state index in [1.54, 1.807) is 0 Å². The van der Waals surface area contributed by atoms with Gasteiger partial charge in [0, 0.05) is 26.2 Å². The molecule has 0 bridgehead atoms. The molecule has 5 heteroatoms. The van der Waals surface area contributed by atoms with Crippen LogP contribution in [0.4, 0.5) is 0 Å². The maximum atomic E-state index is 12.0. The summed E-state index contributed by atoms with van der Waals surface area (Å²) in [5, 5.41) is 3.57. The van der Waals surface area contributed by atoms with E-state index >= 15 is 0 Å². The van der Waals surface area contributed by atoms with Crippen molar-refractivity contribution < 1.29 is 19.0 Å². The van der Waals surface area contributed by atoms with E-state index in [9.17, 15) is 4.79 Å². The summed E-state index contributed by atoms with van der Waals surface area (Å²) in [6.07, 6.45) is 32.3. The van der Waals surface area contributed by atoms with Crippen molar-refractivity contribution in [3.63, 3.8) is 0 Å². The molecule has 0 saturated carbocycles. The molecule has 0 fully saturated rings. The van der Waals surface area contributed by atoms with Crippen LogP contribution in [0, 0.1) is 0 Å². The number of hydrogen-bond donors (Lipinski definition) is 1. The number of carbonyl (C=O) groups excluding carboxylic acids is 1. The molecule has 252 valence electrons. The average Bonchev–Trinajstić information content (AvgIpc) is 2.99. The zero-order valence-corrected chi connectivity index (χ0v) is 28.8. The second-order valence-electron chi connectivity index (χ2n) is 12.5. The molecule has 0 aliphatic rings. The van der Waals surface area contributed by atoms with Crippen LogP contribution in [0.3, 0.4) is 0 Å². The molecule has 0 aliphatic carbocycles. The number of rotatable bonds is 36. The summed E-state index contributed by atoms with van der Waals surface area (Å²) < 4.78 is 17.6. The second kappa shape index (κ2) is 36.5. The molecular formula is C37H75NO4. The van der Waals surface area contributed by atoms with Gasteiger partial charge in [-0.25, -0.2) is 0 Å². The van der Waals surface area contributed by atoms with E-state index in [0.717, 1.165) is 64.8 Å². The Morgan fingerprint density at radius 1 is 0.524 bits per heavy atom. The predicted molar refractivity (Wildman–Crippen MR) is 181 cm³/mol. The summed E-state index contributed by atoms with van der Waals surface area (Å²) in [6.45, 7) is 11.5. The Kier molecular flexibility index (Phi) is 36.0. The van der Waals surface area contributed by atoms with E-state index in [0.29, 0.717) is 19.6 Å². The lowest BCUT2D eigenvalue weighted by atomic mass is 10.1. The van der Waals surface area contributed by atoms with Gasteiger partial charge in [-0.3, -0.25) is 4.79 Å². The zero-order valence-electron chi connectivity index (χ0n) is 28.8. The van der Waals surface area contributed by atoms with Crippen LogP contribution < -0.4 is 5.32 Å². The lowest BCUT2D eigenvalue weighted by molar-refractivity contribution is -0.143. The van der Waals surface area contributed by atoms with E-state index in [2.05, 4.69) is 26.1 Å². The highest BCUT2D eigenvalue weighted by Crippen LogP contribution is 2.11. The fourth-order valence-electron chi connectivity index (χ4n) is 5.30. The predicted octanol–water partition coefficient (Wildman–Crippen LogP) is 10.7. The van der Waals surface area contributed by atoms with Gasteiger partial charge in [0.15, 0.2) is 0 Å². The summed E-state index contributed by atoms with van der Waals surface area (Å²) in [5.74, 6) is -0.0259. The summed E-state index contributed by atoms with van der Waals surface area (Å²) in [7, 11) is 0. The highest BCUT2D eigenvalue weighted by atomic mass is 16.5. The highest BCUT2D eigenvalue weighted by Gasteiger charge is 2.09. The van der Waals surface area contributed by atoms with Gasteiger partial charge in [-0.15, -0.1) is 0 Å². The number of esters is 1. The Bertz CT molecular complexity index is 516. The van der Waals surface area contributed by atoms with Crippen LogP contribution in [0.2, 0.25) is 0 Å². The molecule has 0 aromatic rings. The maximum Gasteiger partial charge on any atom is 0.305 e. The van der Waals surface area contributed by atoms with Crippen molar-refractivity contribution in [2.24, 2.45) is 0 Å². The molecule has 0 aliphatic heterocycles. The van der Waals surface area contributed by atoms with Gasteiger partial charge in [0.25, 0.3) is 0 Å². The molecule has 0 aromatic heterocycles. The van der Waals surface area contributed by atoms with Crippen LogP contribution in [-0.2, 0) is 19.0 Å². The zero-order chi connectivity index (χ0) is 30.6. The third-order valence-corrected chi connectivity index (χ3v) is 8.16. The van der Waals surface area contributed by atoms with Crippen molar-refractivity contribution in [2.75, 3.05) is 39.5 Å². The van der Waals surface area contributed by atoms with E-state index in [1.165, 1.54) is 122 Å². The Labute approximate surface area is 263 Å². The standard InChI is InChI=1S/C37H75NO4/c1-4-7-10-13-15-17-18-19-21-26-31-40-35-36(41-32-27-12-9-6-3)34-38-30-25-23-24-29-37(39)42-33-28-22-20-16-14-11-8-5-2/h36,38H,4-35H2,1-3H3. The van der Waals surface area contributed by atoms with Crippen molar-refractivity contribution in [2.45, 2.75) is 194 Å². The Morgan fingerprint density at radius 2 is 0.976 bits per heavy atom. The average molecular weight is 598 g/mol. The summed E-state index contributed by atoms with van der Waals surface area (Å²) in [4.78, 5) is 12.0. The second-order valence-corrected chi connectivity index (χ2v) is 12.5. The van der Waals surface area contributed by atoms with E-state index in [4.69, 9.17) is 14.2 Å². The van der Waals surface area contributed by atoms with Crippen LogP contribution in [0.15, 0.2) is 0 Å². The van der Waals surface area contributed by atoms with Gasteiger partial charge in [-0.1, -0.05) is 149 Å². The number of nitrogens with one attached hydrogen (secondary N) is 1. The van der Waals surface area contributed by atoms with Crippen molar-refractivity contribution in [1.82, 2.24) is 5.32 Å². The number of hydrogen-bond acceptors (Lipinski definition) is 5. The fourth-order valence-corrected chi connectivity index (χ4v) is 5.30. The van der Waals surface area contributed by atoms with E-state index in [-0.39, 0.29) is 12.1 Å². The fraction of sp³-hybridized carbons (Fsp3) is 0.973. The first-order valence-corrected chi connectivity index (χ1v) is 18.8. The third-order valence-electron chi connectivity index (χ3n) is 8.16. The quantitative estimate of drug-likeness (QED) is 0.0575. The number of ether oxygens (including phenoxy) is 3. The molecule has 0 saturated heterocycles. The van der Waals surface area contributed by atoms with Crippen molar-refractivity contribution in [3.8, 4) is 0 Å². The van der Waals surface area contributed by atoms with Crippen LogP contribution in [0.5, 0.6) is 0 Å². The molecule has 42 heavy (non-hydrogen) atoms. The van der Waals surface area contributed by atoms with Gasteiger partial charge in [0.2, 0.25) is 0 Å². The van der Waals surface area contributed by atoms with Gasteiger partial charge in [-0.2, -0.15) is 0 Å². The van der Waals surface area contributed by atoms with Crippen molar-refractivity contribution in [3.05, 3.63) is 0 Å². The first-order valence-electron chi connectivity index (χ1n) is 18.8. The smallest absolute Gasteiger partial charge is 0.305 e. The number of carbonyl (C=O) groups is 1. The molecule has 0 aromatic carbocycles. The van der Waals surface area contributed by atoms with Gasteiger partial charge < -0.3 is 19.5 Å². The molecule has 0 amide bonds. The van der Waals surface area contributed by atoms with Crippen LogP contribution in [-0.4, -0.2) is 51.6 Å². The van der Waals surface area contributed by atoms with E-state index < -0.39 is 0 Å². The molecule has 0 heterocycles. The lowest BCUT2D eigenvalue weighted by Crippen LogP contribution is -2.34. The minimum Gasteiger partial charge on any atom is -0.466 e. The first kappa shape index (κ1) is 41.4. The van der Waals surface area contributed by atoms with Gasteiger partial charge in [0.1, 0.15) is 0 Å². The lowest BCUT2D eigenvalue weighted by Gasteiger charge is -2.19. The summed E-state index contributed by atoms with van der Waals surface area (Å²) in [6, 6.07) is 0. The normalized spacial score (nSPS) is 12.2. The van der Waals surface area contributed by atoms with Crippen LogP contribution in [0.1, 0.15) is 188 Å². The van der Waals surface area contributed by atoms with Gasteiger partial charge >= 0.3 is 5.97 Å². The van der Waals surface area contributed by atoms with Gasteiger partial charge in [-0.05, 0) is 38.6 Å². The van der Waals surface area contributed by atoms with E-state index in [1.807, 2.05) is 0 Å². The molecular weight excluding hydrogens is 522 g/mol. The topological polar surface area (TPSA) is 56.8 Å². The minimum atomic E-state index is -0.0259. The first-order chi connectivity index (χ1) is 20.7. The molecule has 0 spiro atoms. The molecule has 1 N–H and O–H groups in total. The van der Waals surface area contributed by atoms with Gasteiger partial charge in [0.05, 0.1) is 19.3 Å². The number of unbranched alkanes of at least 4 members (excludes halogenated alkanes) is 21. The minimum absolute atomic E-state index is 0.0259. The molecule has 1 unspecified atom stereocenters. The molecule has 5 nitrogen and oxygen atoms in total. The SMILES string of the molecule is CCCCCCCCCCCCOCC(CNCCCCCC(=O)OCCCCCCCCCC)OCCCCCC. The summed E-state index contributed by atoms with van der Waals surface area (Å²) in [5.41, 5.74) is 0.